The second-order valence-electron chi connectivity index (χ2n) is 6.79. The van der Waals surface area contributed by atoms with Crippen LogP contribution in [0.1, 0.15) is 12.0 Å². The van der Waals surface area contributed by atoms with Crippen LogP contribution < -0.4 is 16.8 Å². The molecule has 0 aromatic carbocycles. The molecule has 0 bridgehead atoms. The molecular formula is C18H16F3N7O2. The van der Waals surface area contributed by atoms with Gasteiger partial charge in [-0.05, 0) is 24.6 Å². The van der Waals surface area contributed by atoms with Crippen LogP contribution in [0.4, 0.5) is 29.6 Å². The van der Waals surface area contributed by atoms with Gasteiger partial charge in [-0.1, -0.05) is 0 Å². The predicted octanol–water partition coefficient (Wildman–Crippen LogP) is 2.09. The molecule has 3 amide bonds. The molecule has 0 saturated carbocycles. The Hall–Kier alpha value is -3.83. The highest BCUT2D eigenvalue weighted by Crippen LogP contribution is 2.35. The Kier molecular flexibility index (Phi) is 4.48. The van der Waals surface area contributed by atoms with E-state index < -0.39 is 35.5 Å². The molecule has 3 aromatic rings. The molecule has 4 heterocycles. The van der Waals surface area contributed by atoms with Gasteiger partial charge in [0.25, 0.3) is 0 Å². The Bertz CT molecular complexity index is 1160. The van der Waals surface area contributed by atoms with Crippen LogP contribution in [0.5, 0.6) is 0 Å². The normalized spacial score (nSPS) is 16.4. The fourth-order valence-corrected chi connectivity index (χ4v) is 3.22. The third-order valence-electron chi connectivity index (χ3n) is 4.86. The van der Waals surface area contributed by atoms with Crippen molar-refractivity contribution in [3.8, 4) is 11.1 Å². The number of alkyl halides is 3. The topological polar surface area (TPSA) is 132 Å². The summed E-state index contributed by atoms with van der Waals surface area (Å²) in [6.07, 6.45) is 0.201. The number of nitrogens with zero attached hydrogens (tertiary/aromatic N) is 4. The molecule has 9 nitrogen and oxygen atoms in total. The van der Waals surface area contributed by atoms with E-state index in [1.165, 1.54) is 17.3 Å². The van der Waals surface area contributed by atoms with Crippen LogP contribution in [0.25, 0.3) is 16.8 Å². The number of nitrogens with one attached hydrogen (secondary N) is 1. The third-order valence-corrected chi connectivity index (χ3v) is 4.86. The van der Waals surface area contributed by atoms with Crippen LogP contribution in [-0.4, -0.2) is 43.8 Å². The van der Waals surface area contributed by atoms with Gasteiger partial charge in [0.15, 0.2) is 5.82 Å². The van der Waals surface area contributed by atoms with E-state index in [-0.39, 0.29) is 11.4 Å². The van der Waals surface area contributed by atoms with E-state index in [0.717, 1.165) is 6.07 Å². The lowest BCUT2D eigenvalue weighted by molar-refractivity contribution is -0.137. The van der Waals surface area contributed by atoms with Crippen molar-refractivity contribution in [3.63, 3.8) is 0 Å². The average molecular weight is 419 g/mol. The number of aromatic nitrogens is 3. The third kappa shape index (κ3) is 3.47. The summed E-state index contributed by atoms with van der Waals surface area (Å²) in [4.78, 5) is 32.7. The fraction of sp³-hybridized carbons (Fsp3) is 0.222. The molecule has 4 rings (SSSR count). The SMILES string of the molecule is NC(=O)N1CC[C@H]1C(=O)Nc1cn2cc(-c3cnc(N)c(C(F)(F)F)c3)ccc2n1. The van der Waals surface area contributed by atoms with Crippen LogP contribution in [0.15, 0.2) is 36.8 Å². The van der Waals surface area contributed by atoms with Crippen LogP contribution >= 0.6 is 0 Å². The van der Waals surface area contributed by atoms with Crippen molar-refractivity contribution >= 4 is 29.2 Å². The number of carbonyl (C=O) groups is 2. The lowest BCUT2D eigenvalue weighted by Crippen LogP contribution is -2.58. The van der Waals surface area contributed by atoms with Gasteiger partial charge in [0.1, 0.15) is 17.5 Å². The molecule has 30 heavy (non-hydrogen) atoms. The fourth-order valence-electron chi connectivity index (χ4n) is 3.22. The van der Waals surface area contributed by atoms with Gasteiger partial charge in [-0.2, -0.15) is 13.2 Å². The quantitative estimate of drug-likeness (QED) is 0.598. The Balaban J connectivity index is 1.59. The second-order valence-corrected chi connectivity index (χ2v) is 6.79. The van der Waals surface area contributed by atoms with Crippen LogP contribution in [0, 0.1) is 0 Å². The van der Waals surface area contributed by atoms with E-state index in [0.29, 0.717) is 24.2 Å². The van der Waals surface area contributed by atoms with Gasteiger partial charge in [0.05, 0.1) is 11.8 Å². The number of likely N-dealkylation sites (tertiary alicyclic amines) is 1. The van der Waals surface area contributed by atoms with Crippen molar-refractivity contribution in [2.24, 2.45) is 5.73 Å². The van der Waals surface area contributed by atoms with Gasteiger partial charge in [0.2, 0.25) is 5.91 Å². The van der Waals surface area contributed by atoms with E-state index in [2.05, 4.69) is 15.3 Å². The number of urea groups is 1. The maximum absolute atomic E-state index is 13.1. The average Bonchev–Trinajstić information content (AvgIpc) is 3.00. The van der Waals surface area contributed by atoms with Gasteiger partial charge in [-0.3, -0.25) is 4.79 Å². The van der Waals surface area contributed by atoms with Crippen molar-refractivity contribution in [1.82, 2.24) is 19.3 Å². The number of nitrogen functional groups attached to an aromatic ring is 1. The number of primary amides is 1. The van der Waals surface area contributed by atoms with Gasteiger partial charge < -0.3 is 26.1 Å². The molecule has 156 valence electrons. The van der Waals surface area contributed by atoms with Gasteiger partial charge in [-0.15, -0.1) is 0 Å². The number of imidazole rings is 1. The number of carbonyl (C=O) groups excluding carboxylic acids is 2. The molecular weight excluding hydrogens is 403 g/mol. The Labute approximate surface area is 167 Å². The summed E-state index contributed by atoms with van der Waals surface area (Å²) in [6.45, 7) is 0.414. The highest BCUT2D eigenvalue weighted by molar-refractivity contribution is 5.97. The minimum atomic E-state index is -4.62. The molecule has 0 radical (unpaired) electrons. The zero-order chi connectivity index (χ0) is 21.6. The summed E-state index contributed by atoms with van der Waals surface area (Å²) in [7, 11) is 0. The highest BCUT2D eigenvalue weighted by Gasteiger charge is 2.37. The number of pyridine rings is 2. The van der Waals surface area contributed by atoms with Gasteiger partial charge in [0, 0.05) is 30.1 Å². The number of nitrogens with two attached hydrogens (primary N) is 2. The van der Waals surface area contributed by atoms with Crippen molar-refractivity contribution < 1.29 is 22.8 Å². The van der Waals surface area contributed by atoms with Crippen molar-refractivity contribution in [1.29, 1.82) is 0 Å². The zero-order valence-electron chi connectivity index (χ0n) is 15.3. The minimum Gasteiger partial charge on any atom is -0.383 e. The van der Waals surface area contributed by atoms with E-state index in [4.69, 9.17) is 11.5 Å². The molecule has 0 unspecified atom stereocenters. The Morgan fingerprint density at radius 2 is 1.97 bits per heavy atom. The molecule has 3 aromatic heterocycles. The number of hydrogen-bond donors (Lipinski definition) is 3. The Morgan fingerprint density at radius 1 is 1.20 bits per heavy atom. The molecule has 1 fully saturated rings. The number of amides is 3. The largest absolute Gasteiger partial charge is 0.419 e. The molecule has 1 aliphatic heterocycles. The van der Waals surface area contributed by atoms with Crippen LogP contribution in [0.2, 0.25) is 0 Å². The zero-order valence-corrected chi connectivity index (χ0v) is 15.3. The number of fused-ring (bicyclic) bond motifs is 1. The molecule has 0 spiro atoms. The highest BCUT2D eigenvalue weighted by atomic mass is 19.4. The summed E-state index contributed by atoms with van der Waals surface area (Å²) in [5, 5.41) is 2.62. The molecule has 1 aliphatic rings. The Morgan fingerprint density at radius 3 is 2.60 bits per heavy atom. The van der Waals surface area contributed by atoms with Gasteiger partial charge >= 0.3 is 12.2 Å². The van der Waals surface area contributed by atoms with Crippen molar-refractivity contribution in [2.45, 2.75) is 18.6 Å². The number of rotatable bonds is 3. The first-order valence-electron chi connectivity index (χ1n) is 8.82. The van der Waals surface area contributed by atoms with E-state index >= 15 is 0 Å². The lowest BCUT2D eigenvalue weighted by atomic mass is 10.0. The van der Waals surface area contributed by atoms with Crippen LogP contribution in [-0.2, 0) is 11.0 Å². The summed E-state index contributed by atoms with van der Waals surface area (Å²) in [6, 6.07) is 2.79. The smallest absolute Gasteiger partial charge is 0.383 e. The summed E-state index contributed by atoms with van der Waals surface area (Å²) < 4.78 is 40.8. The van der Waals surface area contributed by atoms with E-state index in [9.17, 15) is 22.8 Å². The van der Waals surface area contributed by atoms with E-state index in [1.807, 2.05) is 0 Å². The standard InChI is InChI=1S/C18H16F3N7O2/c19-18(20,21)11-5-10(6-24-15(11)22)9-1-2-14-25-13(8-27(14)7-9)26-16(29)12-3-4-28(12)17(23)30/h1-2,5-8,12H,3-4H2,(H2,22,24)(H2,23,30)(H,26,29)/t12-/m0/s1. The molecule has 12 heteroatoms. The van der Waals surface area contributed by atoms with Crippen molar-refractivity contribution in [2.75, 3.05) is 17.6 Å². The monoisotopic (exact) mass is 419 g/mol. The first-order valence-corrected chi connectivity index (χ1v) is 8.82. The van der Waals surface area contributed by atoms with Crippen LogP contribution in [0.3, 0.4) is 0 Å². The van der Waals surface area contributed by atoms with Crippen molar-refractivity contribution in [3.05, 3.63) is 42.4 Å². The van der Waals surface area contributed by atoms with E-state index in [1.54, 1.807) is 22.7 Å². The predicted molar refractivity (Wildman–Crippen MR) is 101 cm³/mol. The molecule has 1 atom stereocenters. The number of hydrogen-bond acceptors (Lipinski definition) is 5. The maximum Gasteiger partial charge on any atom is 0.419 e. The number of halogens is 3. The molecule has 0 aliphatic carbocycles. The second kappa shape index (κ2) is 6.90. The lowest BCUT2D eigenvalue weighted by Gasteiger charge is -2.37. The maximum atomic E-state index is 13.1. The molecule has 1 saturated heterocycles. The number of anilines is 2. The summed E-state index contributed by atoms with van der Waals surface area (Å²) >= 11 is 0. The molecule has 5 N–H and O–H groups in total. The van der Waals surface area contributed by atoms with Gasteiger partial charge in [-0.25, -0.2) is 14.8 Å². The summed E-state index contributed by atoms with van der Waals surface area (Å²) in [5.74, 6) is -0.776. The minimum absolute atomic E-state index is 0.226. The first kappa shape index (κ1) is 19.5. The first-order chi connectivity index (χ1) is 14.1. The summed E-state index contributed by atoms with van der Waals surface area (Å²) in [5.41, 5.74) is 10.7.